The number of aliphatic hydroxyl groups is 1. The highest BCUT2D eigenvalue weighted by Crippen LogP contribution is 2.24. The van der Waals surface area contributed by atoms with Gasteiger partial charge in [0.25, 0.3) is 5.56 Å². The summed E-state index contributed by atoms with van der Waals surface area (Å²) < 4.78 is 6.01. The number of halogens is 1. The molecule has 6 heteroatoms. The minimum absolute atomic E-state index is 0.0177. The number of hydrogen-bond acceptors (Lipinski definition) is 4. The van der Waals surface area contributed by atoms with Crippen LogP contribution in [0.15, 0.2) is 21.5 Å². The van der Waals surface area contributed by atoms with Gasteiger partial charge in [-0.1, -0.05) is 0 Å². The van der Waals surface area contributed by atoms with Gasteiger partial charge in [0.05, 0.1) is 19.8 Å². The molecule has 0 bridgehead atoms. The van der Waals surface area contributed by atoms with Crippen molar-refractivity contribution in [1.82, 2.24) is 4.98 Å². The Morgan fingerprint density at radius 2 is 2.39 bits per heavy atom. The van der Waals surface area contributed by atoms with Gasteiger partial charge in [0.15, 0.2) is 0 Å². The molecule has 1 aromatic rings. The molecular weight excluding hydrogens is 300 g/mol. The van der Waals surface area contributed by atoms with Crippen LogP contribution < -0.4 is 10.5 Å². The summed E-state index contributed by atoms with van der Waals surface area (Å²) in [6.45, 7) is 3.95. The summed E-state index contributed by atoms with van der Waals surface area (Å²) in [5.74, 6) is 0.412. The number of hydrogen-bond donors (Lipinski definition) is 2. The van der Waals surface area contributed by atoms with E-state index in [0.717, 1.165) is 17.7 Å². The van der Waals surface area contributed by atoms with Gasteiger partial charge < -0.3 is 19.7 Å². The summed E-state index contributed by atoms with van der Waals surface area (Å²) in [5.41, 5.74) is 0.441. The average Bonchev–Trinajstić information content (AvgIpc) is 2.27. The third-order valence-electron chi connectivity index (χ3n) is 3.34. The highest BCUT2D eigenvalue weighted by Gasteiger charge is 2.30. The first-order valence-corrected chi connectivity index (χ1v) is 6.76. The third kappa shape index (κ3) is 2.76. The lowest BCUT2D eigenvalue weighted by Gasteiger charge is -2.39. The molecule has 1 aliphatic rings. The molecule has 1 aliphatic heterocycles. The lowest BCUT2D eigenvalue weighted by Crippen LogP contribution is -2.49. The Bertz CT molecular complexity index is 459. The van der Waals surface area contributed by atoms with E-state index in [1.54, 1.807) is 12.3 Å². The van der Waals surface area contributed by atoms with Crippen LogP contribution in [0.4, 0.5) is 5.69 Å². The molecule has 0 spiro atoms. The maximum Gasteiger partial charge on any atom is 0.271 e. The Balaban J connectivity index is 2.27. The number of aromatic nitrogens is 1. The first kappa shape index (κ1) is 13.6. The quantitative estimate of drug-likeness (QED) is 0.849. The van der Waals surface area contributed by atoms with E-state index in [4.69, 9.17) is 4.74 Å². The fourth-order valence-electron chi connectivity index (χ4n) is 2.10. The van der Waals surface area contributed by atoms with Crippen molar-refractivity contribution in [3.63, 3.8) is 0 Å². The van der Waals surface area contributed by atoms with E-state index in [-0.39, 0.29) is 18.2 Å². The van der Waals surface area contributed by atoms with Crippen molar-refractivity contribution >= 4 is 21.6 Å². The van der Waals surface area contributed by atoms with Crippen LogP contribution in [0.25, 0.3) is 0 Å². The third-order valence-corrected chi connectivity index (χ3v) is 3.79. The maximum absolute atomic E-state index is 11.9. The minimum atomic E-state index is -0.140. The molecule has 5 nitrogen and oxygen atoms in total. The van der Waals surface area contributed by atoms with E-state index >= 15 is 0 Å². The fourth-order valence-corrected chi connectivity index (χ4v) is 2.43. The summed E-state index contributed by atoms with van der Waals surface area (Å²) in [4.78, 5) is 16.5. The zero-order valence-electron chi connectivity index (χ0n) is 10.2. The van der Waals surface area contributed by atoms with Gasteiger partial charge >= 0.3 is 0 Å². The Morgan fingerprint density at radius 3 is 2.94 bits per heavy atom. The lowest BCUT2D eigenvalue weighted by atomic mass is 9.97. The van der Waals surface area contributed by atoms with Crippen molar-refractivity contribution < 1.29 is 9.84 Å². The number of aromatic amines is 1. The normalized spacial score (nSPS) is 17.3. The average molecular weight is 317 g/mol. The van der Waals surface area contributed by atoms with E-state index < -0.39 is 0 Å². The first-order chi connectivity index (χ1) is 8.63. The number of anilines is 1. The van der Waals surface area contributed by atoms with Crippen molar-refractivity contribution in [2.75, 3.05) is 31.3 Å². The van der Waals surface area contributed by atoms with Crippen LogP contribution >= 0.6 is 15.9 Å². The van der Waals surface area contributed by atoms with Crippen LogP contribution in [-0.2, 0) is 4.74 Å². The topological polar surface area (TPSA) is 65.6 Å². The predicted octanol–water partition coefficient (Wildman–Crippen LogP) is 0.971. The summed E-state index contributed by atoms with van der Waals surface area (Å²) in [6.07, 6.45) is 1.61. The van der Waals surface area contributed by atoms with Crippen molar-refractivity contribution in [2.24, 2.45) is 5.92 Å². The van der Waals surface area contributed by atoms with Crippen LogP contribution in [0.1, 0.15) is 6.92 Å². The predicted molar refractivity (Wildman–Crippen MR) is 73.0 cm³/mol. The van der Waals surface area contributed by atoms with Gasteiger partial charge in [-0.25, -0.2) is 0 Å². The second kappa shape index (κ2) is 5.86. The number of ether oxygens (including phenoxy) is 1. The van der Waals surface area contributed by atoms with E-state index in [9.17, 15) is 9.90 Å². The Kier molecular flexibility index (Phi) is 4.42. The fraction of sp³-hybridized carbons (Fsp3) is 0.583. The number of pyridine rings is 1. The van der Waals surface area contributed by atoms with Gasteiger partial charge in [0.1, 0.15) is 5.69 Å². The van der Waals surface area contributed by atoms with Crippen molar-refractivity contribution in [3.05, 3.63) is 27.1 Å². The van der Waals surface area contributed by atoms with Gasteiger partial charge in [0.2, 0.25) is 0 Å². The molecule has 100 valence electrons. The molecule has 1 aromatic heterocycles. The number of nitrogens with one attached hydrogen (secondary N) is 1. The molecule has 0 aromatic carbocycles. The van der Waals surface area contributed by atoms with Gasteiger partial charge in [0, 0.05) is 29.2 Å². The number of aliphatic hydroxyl groups excluding tert-OH is 1. The van der Waals surface area contributed by atoms with Gasteiger partial charge in [-0.3, -0.25) is 4.79 Å². The van der Waals surface area contributed by atoms with E-state index in [2.05, 4.69) is 27.8 Å². The molecule has 2 heterocycles. The van der Waals surface area contributed by atoms with E-state index in [1.807, 2.05) is 4.90 Å². The van der Waals surface area contributed by atoms with E-state index in [1.165, 1.54) is 0 Å². The van der Waals surface area contributed by atoms with Gasteiger partial charge in [-0.05, 0) is 28.9 Å². The molecule has 2 rings (SSSR count). The first-order valence-electron chi connectivity index (χ1n) is 5.97. The van der Waals surface area contributed by atoms with Crippen molar-refractivity contribution in [1.29, 1.82) is 0 Å². The second-order valence-electron chi connectivity index (χ2n) is 4.49. The largest absolute Gasteiger partial charge is 0.395 e. The van der Waals surface area contributed by atoms with Crippen LogP contribution in [0, 0.1) is 5.92 Å². The Morgan fingerprint density at radius 1 is 1.67 bits per heavy atom. The molecule has 1 fully saturated rings. The number of H-pyrrole nitrogens is 1. The number of nitrogens with zero attached hydrogens (tertiary/aromatic N) is 1. The maximum atomic E-state index is 11.9. The summed E-state index contributed by atoms with van der Waals surface area (Å²) in [7, 11) is 0. The van der Waals surface area contributed by atoms with Crippen LogP contribution in [0.3, 0.4) is 0 Å². The molecule has 0 radical (unpaired) electrons. The van der Waals surface area contributed by atoms with Crippen molar-refractivity contribution in [2.45, 2.75) is 13.0 Å². The summed E-state index contributed by atoms with van der Waals surface area (Å²) in [5, 5.41) is 9.18. The molecular formula is C12H17BrN2O3. The zero-order valence-corrected chi connectivity index (χ0v) is 11.8. The smallest absolute Gasteiger partial charge is 0.271 e. The second-order valence-corrected chi connectivity index (χ2v) is 5.40. The van der Waals surface area contributed by atoms with Gasteiger partial charge in [-0.15, -0.1) is 0 Å². The van der Waals surface area contributed by atoms with Crippen LogP contribution in [0.5, 0.6) is 0 Å². The SMILES string of the molecule is CC(C1COC1)N(CCO)c1cc(Br)c[nH]c1=O. The van der Waals surface area contributed by atoms with Gasteiger partial charge in [-0.2, -0.15) is 0 Å². The molecule has 0 saturated carbocycles. The molecule has 2 N–H and O–H groups in total. The Hall–Kier alpha value is -0.850. The molecule has 1 atom stereocenters. The molecule has 0 aliphatic carbocycles. The monoisotopic (exact) mass is 316 g/mol. The summed E-state index contributed by atoms with van der Waals surface area (Å²) >= 11 is 3.35. The Labute approximate surface area is 114 Å². The van der Waals surface area contributed by atoms with Crippen LogP contribution in [0.2, 0.25) is 0 Å². The van der Waals surface area contributed by atoms with Crippen molar-refractivity contribution in [3.8, 4) is 0 Å². The molecule has 18 heavy (non-hydrogen) atoms. The highest BCUT2D eigenvalue weighted by molar-refractivity contribution is 9.10. The summed E-state index contributed by atoms with van der Waals surface area (Å²) in [6, 6.07) is 1.95. The highest BCUT2D eigenvalue weighted by atomic mass is 79.9. The molecule has 1 unspecified atom stereocenters. The minimum Gasteiger partial charge on any atom is -0.395 e. The molecule has 0 amide bonds. The zero-order chi connectivity index (χ0) is 13.1. The number of rotatable bonds is 5. The van der Waals surface area contributed by atoms with Crippen LogP contribution in [-0.4, -0.2) is 42.5 Å². The lowest BCUT2D eigenvalue weighted by molar-refractivity contribution is -0.0423. The standard InChI is InChI=1S/C12H17BrN2O3/c1-8(9-6-18-7-9)15(2-3-16)11-4-10(13)5-14-12(11)17/h4-5,8-9,16H,2-3,6-7H2,1H3,(H,14,17). The molecule has 1 saturated heterocycles. The van der Waals surface area contributed by atoms with E-state index in [0.29, 0.717) is 18.2 Å².